The van der Waals surface area contributed by atoms with Gasteiger partial charge in [0.1, 0.15) is 23.4 Å². The highest BCUT2D eigenvalue weighted by atomic mass is 79.9. The van der Waals surface area contributed by atoms with Gasteiger partial charge in [0.05, 0.1) is 17.3 Å². The number of nitrogens with zero attached hydrogens (tertiary/aromatic N) is 2. The van der Waals surface area contributed by atoms with Gasteiger partial charge in [-0.05, 0) is 91.8 Å². The molecule has 2 unspecified atom stereocenters. The minimum atomic E-state index is -0.349. The molecule has 2 aromatic carbocycles. The minimum Gasteiger partial charge on any atom is -0.459 e. The van der Waals surface area contributed by atoms with Crippen LogP contribution in [-0.2, 0) is 0 Å². The van der Waals surface area contributed by atoms with Gasteiger partial charge in [-0.3, -0.25) is 4.98 Å². The lowest BCUT2D eigenvalue weighted by molar-refractivity contribution is 0.438. The lowest BCUT2D eigenvalue weighted by Crippen LogP contribution is -2.29. The Hall–Kier alpha value is -3.03. The SMILES string of the molecule is Cc1cc(C)cc(N2C(=S)NC(c3ccccn3)C2c2ccc(-c3ccc(Br)cc3F)o2)c1. The second kappa shape index (κ2) is 8.72. The minimum absolute atomic E-state index is 0.228. The number of aromatic nitrogens is 1. The summed E-state index contributed by atoms with van der Waals surface area (Å²) < 4.78 is 21.6. The number of anilines is 1. The predicted octanol–water partition coefficient (Wildman–Crippen LogP) is 7.04. The Morgan fingerprint density at radius 1 is 1.03 bits per heavy atom. The highest BCUT2D eigenvalue weighted by Gasteiger charge is 2.42. The fraction of sp³-hybridized carbons (Fsp3) is 0.154. The highest BCUT2D eigenvalue weighted by Crippen LogP contribution is 2.43. The standard InChI is InChI=1S/C26H21BrFN3OS/c1-15-11-16(2)13-18(12-15)31-25(24(30-26(31)33)21-5-3-4-10-29-21)23-9-8-22(32-23)19-7-6-17(27)14-20(19)28/h3-14,24-25H,1-2H3,(H,30,33). The Morgan fingerprint density at radius 2 is 1.82 bits per heavy atom. The second-order valence-corrected chi connectivity index (χ2v) is 9.47. The molecule has 0 radical (unpaired) electrons. The molecule has 5 rings (SSSR count). The molecule has 0 saturated carbocycles. The number of hydrogen-bond acceptors (Lipinski definition) is 3. The molecule has 2 atom stereocenters. The summed E-state index contributed by atoms with van der Waals surface area (Å²) in [4.78, 5) is 6.63. The molecule has 4 nitrogen and oxygen atoms in total. The van der Waals surface area contributed by atoms with Crippen molar-refractivity contribution in [1.29, 1.82) is 0 Å². The summed E-state index contributed by atoms with van der Waals surface area (Å²) in [6, 6.07) is 20.3. The van der Waals surface area contributed by atoms with Crippen LogP contribution in [0.3, 0.4) is 0 Å². The summed E-state index contributed by atoms with van der Waals surface area (Å²) in [7, 11) is 0. The molecule has 166 valence electrons. The van der Waals surface area contributed by atoms with E-state index in [9.17, 15) is 4.39 Å². The van der Waals surface area contributed by atoms with Crippen LogP contribution in [0.15, 0.2) is 81.8 Å². The monoisotopic (exact) mass is 521 g/mol. The van der Waals surface area contributed by atoms with Crippen LogP contribution >= 0.6 is 28.1 Å². The first-order chi connectivity index (χ1) is 15.9. The van der Waals surface area contributed by atoms with Crippen LogP contribution in [0, 0.1) is 19.7 Å². The molecule has 7 heteroatoms. The maximum atomic E-state index is 14.6. The maximum absolute atomic E-state index is 14.6. The van der Waals surface area contributed by atoms with Crippen LogP contribution in [-0.4, -0.2) is 10.1 Å². The lowest BCUT2D eigenvalue weighted by Gasteiger charge is -2.26. The quantitative estimate of drug-likeness (QED) is 0.291. The van der Waals surface area contributed by atoms with E-state index in [1.807, 2.05) is 24.3 Å². The third-order valence-electron chi connectivity index (χ3n) is 5.70. The van der Waals surface area contributed by atoms with Gasteiger partial charge in [0.2, 0.25) is 0 Å². The molecule has 2 aromatic heterocycles. The number of furan rings is 1. The third-order valence-corrected chi connectivity index (χ3v) is 6.51. The van der Waals surface area contributed by atoms with Crippen LogP contribution < -0.4 is 10.2 Å². The molecule has 1 saturated heterocycles. The van der Waals surface area contributed by atoms with Gasteiger partial charge in [-0.25, -0.2) is 4.39 Å². The summed E-state index contributed by atoms with van der Waals surface area (Å²) >= 11 is 9.09. The summed E-state index contributed by atoms with van der Waals surface area (Å²) in [5.74, 6) is 0.792. The molecule has 1 aliphatic heterocycles. The fourth-order valence-electron chi connectivity index (χ4n) is 4.36. The van der Waals surface area contributed by atoms with E-state index in [1.54, 1.807) is 24.4 Å². The van der Waals surface area contributed by atoms with Gasteiger partial charge in [-0.1, -0.05) is 28.1 Å². The van der Waals surface area contributed by atoms with Crippen molar-refractivity contribution in [3.05, 3.63) is 106 Å². The number of benzene rings is 2. The zero-order chi connectivity index (χ0) is 23.1. The first kappa shape index (κ1) is 21.8. The first-order valence-electron chi connectivity index (χ1n) is 10.5. The third kappa shape index (κ3) is 4.18. The molecule has 33 heavy (non-hydrogen) atoms. The number of thiocarbonyl (C=S) groups is 1. The van der Waals surface area contributed by atoms with E-state index < -0.39 is 0 Å². The van der Waals surface area contributed by atoms with Crippen molar-refractivity contribution in [3.63, 3.8) is 0 Å². The van der Waals surface area contributed by atoms with Crippen molar-refractivity contribution >= 4 is 38.9 Å². The zero-order valence-corrected chi connectivity index (χ0v) is 20.5. The van der Waals surface area contributed by atoms with Gasteiger partial charge in [0, 0.05) is 16.4 Å². The van der Waals surface area contributed by atoms with Crippen molar-refractivity contribution < 1.29 is 8.81 Å². The van der Waals surface area contributed by atoms with Crippen LogP contribution in [0.4, 0.5) is 10.1 Å². The second-order valence-electron chi connectivity index (χ2n) is 8.17. The molecule has 3 heterocycles. The topological polar surface area (TPSA) is 41.3 Å². The largest absolute Gasteiger partial charge is 0.459 e. The summed E-state index contributed by atoms with van der Waals surface area (Å²) in [6.45, 7) is 4.13. The Bertz CT molecular complexity index is 1320. The van der Waals surface area contributed by atoms with E-state index >= 15 is 0 Å². The van der Waals surface area contributed by atoms with Gasteiger partial charge < -0.3 is 14.6 Å². The highest BCUT2D eigenvalue weighted by molar-refractivity contribution is 9.10. The molecule has 4 aromatic rings. The number of nitrogens with one attached hydrogen (secondary N) is 1. The average molecular weight is 522 g/mol. The van der Waals surface area contributed by atoms with Gasteiger partial charge in [-0.15, -0.1) is 0 Å². The Morgan fingerprint density at radius 3 is 2.52 bits per heavy atom. The molecule has 1 fully saturated rings. The predicted molar refractivity (Wildman–Crippen MR) is 136 cm³/mol. The molecule has 1 aliphatic rings. The Labute approximate surface area is 205 Å². The first-order valence-corrected chi connectivity index (χ1v) is 11.7. The van der Waals surface area contributed by atoms with E-state index in [4.69, 9.17) is 16.6 Å². The van der Waals surface area contributed by atoms with Gasteiger partial charge in [-0.2, -0.15) is 0 Å². The van der Waals surface area contributed by atoms with Crippen molar-refractivity contribution in [2.75, 3.05) is 4.90 Å². The fourth-order valence-corrected chi connectivity index (χ4v) is 5.04. The number of aryl methyl sites for hydroxylation is 2. The van der Waals surface area contributed by atoms with E-state index in [2.05, 4.69) is 63.2 Å². The van der Waals surface area contributed by atoms with Crippen LogP contribution in [0.2, 0.25) is 0 Å². The van der Waals surface area contributed by atoms with E-state index in [0.717, 1.165) is 22.5 Å². The van der Waals surface area contributed by atoms with Crippen LogP contribution in [0.5, 0.6) is 0 Å². The summed E-state index contributed by atoms with van der Waals surface area (Å²) in [6.07, 6.45) is 1.77. The number of pyridine rings is 1. The Kier molecular flexibility index (Phi) is 5.76. The smallest absolute Gasteiger partial charge is 0.174 e. The normalized spacial score (nSPS) is 17.9. The number of rotatable bonds is 4. The van der Waals surface area contributed by atoms with Crippen molar-refractivity contribution in [1.82, 2.24) is 10.3 Å². The van der Waals surface area contributed by atoms with E-state index in [0.29, 0.717) is 26.7 Å². The zero-order valence-electron chi connectivity index (χ0n) is 18.0. The average Bonchev–Trinajstić information content (AvgIpc) is 3.38. The molecular weight excluding hydrogens is 501 g/mol. The van der Waals surface area contributed by atoms with Crippen molar-refractivity contribution in [3.8, 4) is 11.3 Å². The van der Waals surface area contributed by atoms with Crippen molar-refractivity contribution in [2.24, 2.45) is 0 Å². The van der Waals surface area contributed by atoms with Gasteiger partial charge >= 0.3 is 0 Å². The van der Waals surface area contributed by atoms with Crippen LogP contribution in [0.1, 0.15) is 34.7 Å². The lowest BCUT2D eigenvalue weighted by atomic mass is 10.0. The van der Waals surface area contributed by atoms with Crippen molar-refractivity contribution in [2.45, 2.75) is 25.9 Å². The van der Waals surface area contributed by atoms with E-state index in [1.165, 1.54) is 6.07 Å². The molecule has 0 amide bonds. The number of hydrogen-bond donors (Lipinski definition) is 1. The van der Waals surface area contributed by atoms with Crippen LogP contribution in [0.25, 0.3) is 11.3 Å². The summed E-state index contributed by atoms with van der Waals surface area (Å²) in [5.41, 5.74) is 4.52. The maximum Gasteiger partial charge on any atom is 0.174 e. The molecule has 0 aliphatic carbocycles. The van der Waals surface area contributed by atoms with Gasteiger partial charge in [0.15, 0.2) is 5.11 Å². The van der Waals surface area contributed by atoms with Gasteiger partial charge in [0.25, 0.3) is 0 Å². The molecule has 1 N–H and O–H groups in total. The summed E-state index contributed by atoms with van der Waals surface area (Å²) in [5, 5.41) is 4.02. The molecular formula is C26H21BrFN3OS. The molecule has 0 bridgehead atoms. The Balaban J connectivity index is 1.62. The number of halogens is 2. The van der Waals surface area contributed by atoms with E-state index in [-0.39, 0.29) is 17.9 Å². The molecule has 0 spiro atoms.